The fourth-order valence-electron chi connectivity index (χ4n) is 11.9. The predicted molar refractivity (Wildman–Crippen MR) is 376 cm³/mol. The maximum absolute atomic E-state index is 16.7. The van der Waals surface area contributed by atoms with Gasteiger partial charge in [-0.3, -0.25) is 28.8 Å². The van der Waals surface area contributed by atoms with Crippen LogP contribution in [0.2, 0.25) is 0 Å². The summed E-state index contributed by atoms with van der Waals surface area (Å²) in [6.07, 6.45) is -6.05. The number of rotatable bonds is 25. The van der Waals surface area contributed by atoms with Gasteiger partial charge in [-0.25, -0.2) is 17.6 Å². The van der Waals surface area contributed by atoms with E-state index in [1.165, 1.54) is 68.9 Å². The minimum atomic E-state index is -4.65. The molecule has 0 saturated carbocycles. The first-order valence-electron chi connectivity index (χ1n) is 31.5. The van der Waals surface area contributed by atoms with Crippen LogP contribution in [0, 0.1) is 90.5 Å². The molecule has 0 radical (unpaired) electrons. The predicted octanol–water partition coefficient (Wildman–Crippen LogP) is 10.8. The van der Waals surface area contributed by atoms with Gasteiger partial charge in [0.1, 0.15) is 35.4 Å². The summed E-state index contributed by atoms with van der Waals surface area (Å²) in [4.78, 5) is 83.3. The Morgan fingerprint density at radius 3 is 1.12 bits per heavy atom. The summed E-state index contributed by atoms with van der Waals surface area (Å²) in [5, 5.41) is 14.9. The molecule has 2 amide bonds. The maximum Gasteiger partial charge on any atom is 1.00 e. The molecule has 2 heterocycles. The largest absolute Gasteiger partial charge is 1.00 e. The summed E-state index contributed by atoms with van der Waals surface area (Å²) in [5.41, 5.74) is -0.908. The summed E-state index contributed by atoms with van der Waals surface area (Å²) in [6.45, 7) is 22.1. The van der Waals surface area contributed by atoms with Crippen LogP contribution in [0.3, 0.4) is 0 Å². The summed E-state index contributed by atoms with van der Waals surface area (Å²) < 4.78 is 153. The van der Waals surface area contributed by atoms with Gasteiger partial charge >= 0.3 is 43.2 Å². The second kappa shape index (κ2) is 39.7. The molecular weight excluding hydrogens is 1370 g/mol. The number of nitrogens with zero attached hydrogens (tertiary/aromatic N) is 4. The topological polar surface area (TPSA) is 234 Å². The number of nitrogens with one attached hydrogen (secondary N) is 2. The van der Waals surface area contributed by atoms with Gasteiger partial charge in [-0.05, 0) is 231 Å². The molecular formula is C72H95F10LiN6O10S2. The number of amides is 2. The van der Waals surface area contributed by atoms with E-state index < -0.39 is 130 Å². The summed E-state index contributed by atoms with van der Waals surface area (Å²) >= 11 is 0. The number of hydrogen-bond acceptors (Lipinski definition) is 10. The van der Waals surface area contributed by atoms with Crippen molar-refractivity contribution >= 4 is 50.7 Å². The fraction of sp³-hybridized carbons (Fsp3) is 0.472. The first kappa shape index (κ1) is 94.1. The number of benzene rings is 4. The Hall–Kier alpha value is -6.90. The molecule has 0 bridgehead atoms. The van der Waals surface area contributed by atoms with Crippen LogP contribution in [0.4, 0.5) is 43.9 Å². The van der Waals surface area contributed by atoms with Crippen LogP contribution in [0.5, 0.6) is 0 Å². The average Bonchev–Trinajstić information content (AvgIpc) is 0.767. The van der Waals surface area contributed by atoms with Gasteiger partial charge in [0.2, 0.25) is 11.8 Å². The number of hydrogen-bond donors (Lipinski definition) is 3. The monoisotopic (exact) mass is 1460 g/mol. The molecule has 2 aromatic heterocycles. The number of halogens is 10. The van der Waals surface area contributed by atoms with Crippen molar-refractivity contribution in [2.75, 3.05) is 47.9 Å². The number of aliphatic carboxylic acids is 1. The van der Waals surface area contributed by atoms with Gasteiger partial charge in [-0.2, -0.15) is 53.3 Å². The standard InChI is InChI=1S/C37H46F5N3O4.C35H42F5N3O4.Li.2H2O.2H2S/c1-10-49-31(47)18-28(43-36(48)29(13-20(2)3)45-19-25(11-12-44(8)9)21(4)17-30(45)46)33-34(38)24(7)16-27(35(33)39)32-22(5)14-26(15-23(32)6)37(40,41)42;1-18(2)11-27(43-17-23(9-10-42(7)8)19(3)15-28(43)44)34(47)41-26(16-29(45)46)31-32(36)22(6)14-25(33(31)37)30-20(4)12-24(13-21(30)5)35(38,39)40;;;;;/h14-17,19-20,28-29H,10-13,18H2,1-9H3,(H,43,48);12-15,17-18,26-27H,9-11,16H2,1-8H3,(H,41,47)(H,45,46);;4*1H2/q;;+1;;;;/p-1/t28-,29?;26-,27?;;;;;/m00...../s1. The van der Waals surface area contributed by atoms with Crippen LogP contribution < -0.4 is 40.6 Å². The Kier molecular flexibility index (Phi) is 37.0. The number of ether oxygens (including phenoxy) is 1. The Labute approximate surface area is 609 Å². The number of carbonyl (C=O) groups is 4. The molecule has 0 spiro atoms. The van der Waals surface area contributed by atoms with Gasteiger partial charge in [-0.1, -0.05) is 27.7 Å². The smallest absolute Gasteiger partial charge is 0.870 e. The quantitative estimate of drug-likeness (QED) is 0.0277. The third kappa shape index (κ3) is 24.4. The molecule has 2 unspecified atom stereocenters. The van der Waals surface area contributed by atoms with Gasteiger partial charge in [0.15, 0.2) is 0 Å². The van der Waals surface area contributed by atoms with E-state index >= 15 is 17.6 Å². The SMILES string of the molecule is CCOC(=O)C[C@H](NC(=O)C(CC(C)C)n1cc(CCN(C)C)c(C)cc1=O)c1c(F)c(C)cc(-c2c(C)cc(C(F)(F)F)cc2C)c1F.Cc1cc(=O)n(C(CC(C)C)C(=O)N[C@@H](CC(=O)O)c2c(F)c(C)cc(-c3c(C)cc(C(F)(F)F)cc3C)c2F)cc1CCN(C)C.O.S.S.[Li+].[OH-]. The van der Waals surface area contributed by atoms with Gasteiger partial charge in [0.05, 0.1) is 42.7 Å². The second-order valence-corrected chi connectivity index (χ2v) is 26.1. The third-order valence-electron chi connectivity index (χ3n) is 16.6. The molecule has 6 aromatic rings. The van der Waals surface area contributed by atoms with Gasteiger partial charge in [-0.15, -0.1) is 0 Å². The zero-order valence-electron chi connectivity index (χ0n) is 60.4. The first-order valence-corrected chi connectivity index (χ1v) is 31.5. The number of carboxylic acids is 1. The van der Waals surface area contributed by atoms with Crippen molar-refractivity contribution in [3.8, 4) is 22.3 Å². The normalized spacial score (nSPS) is 12.5. The van der Waals surface area contributed by atoms with Crippen LogP contribution in [-0.2, 0) is 49.1 Å². The van der Waals surface area contributed by atoms with Crippen molar-refractivity contribution in [3.63, 3.8) is 0 Å². The number of carbonyl (C=O) groups excluding carboxylic acids is 3. The zero-order valence-corrected chi connectivity index (χ0v) is 62.4. The minimum absolute atomic E-state index is 0. The third-order valence-corrected chi connectivity index (χ3v) is 16.6. The van der Waals surface area contributed by atoms with Crippen LogP contribution in [0.25, 0.3) is 22.3 Å². The van der Waals surface area contributed by atoms with E-state index in [1.807, 2.05) is 72.6 Å². The van der Waals surface area contributed by atoms with Crippen LogP contribution in [-0.4, -0.2) is 107 Å². The molecule has 6 N–H and O–H groups in total. The number of aryl methyl sites for hydroxylation is 8. The van der Waals surface area contributed by atoms with E-state index in [2.05, 4.69) is 10.6 Å². The molecule has 29 heteroatoms. The average molecular weight is 1470 g/mol. The van der Waals surface area contributed by atoms with Crippen LogP contribution >= 0.6 is 27.0 Å². The van der Waals surface area contributed by atoms with Crippen molar-refractivity contribution in [3.05, 3.63) is 183 Å². The van der Waals surface area contributed by atoms with Gasteiger partial charge < -0.3 is 50.4 Å². The fourth-order valence-corrected chi connectivity index (χ4v) is 11.9. The van der Waals surface area contributed by atoms with Crippen molar-refractivity contribution in [2.45, 2.75) is 165 Å². The Morgan fingerprint density at radius 1 is 0.525 bits per heavy atom. The van der Waals surface area contributed by atoms with Gasteiger partial charge in [0.25, 0.3) is 11.1 Å². The number of pyridine rings is 2. The number of alkyl halides is 6. The molecule has 0 aliphatic carbocycles. The number of carboxylic acid groups (broad SMARTS) is 1. The Morgan fingerprint density at radius 2 is 0.842 bits per heavy atom. The second-order valence-electron chi connectivity index (χ2n) is 26.1. The Bertz CT molecular complexity index is 3950. The van der Waals surface area contributed by atoms with Crippen LogP contribution in [0.1, 0.15) is 162 Å². The van der Waals surface area contributed by atoms with E-state index in [4.69, 9.17) is 4.74 Å². The van der Waals surface area contributed by atoms with Crippen molar-refractivity contribution in [1.82, 2.24) is 29.6 Å². The molecule has 16 nitrogen and oxygen atoms in total. The molecule has 101 heavy (non-hydrogen) atoms. The molecule has 0 saturated heterocycles. The molecule has 4 aromatic carbocycles. The van der Waals surface area contributed by atoms with E-state index in [1.54, 1.807) is 26.2 Å². The maximum atomic E-state index is 16.7. The van der Waals surface area contributed by atoms with E-state index in [9.17, 15) is 60.2 Å². The number of likely N-dealkylation sites (N-methyl/N-ethyl adjacent to an activating group) is 2. The van der Waals surface area contributed by atoms with E-state index in [-0.39, 0.29) is 144 Å². The molecule has 4 atom stereocenters. The first-order chi connectivity index (χ1) is 44.5. The van der Waals surface area contributed by atoms with E-state index in [0.717, 1.165) is 52.6 Å². The Balaban J connectivity index is 0.00000189. The van der Waals surface area contributed by atoms with E-state index in [0.29, 0.717) is 25.9 Å². The number of esters is 1. The molecule has 0 aliphatic rings. The molecule has 556 valence electrons. The minimum Gasteiger partial charge on any atom is -0.870 e. The summed E-state index contributed by atoms with van der Waals surface area (Å²) in [5.74, 6) is -8.50. The van der Waals surface area contributed by atoms with Crippen LogP contribution in [0.15, 0.2) is 70.5 Å². The molecule has 0 fully saturated rings. The van der Waals surface area contributed by atoms with Gasteiger partial charge in [0, 0.05) is 59.9 Å². The van der Waals surface area contributed by atoms with Crippen molar-refractivity contribution < 1.29 is 103 Å². The summed E-state index contributed by atoms with van der Waals surface area (Å²) in [6, 6.07) is 3.20. The molecule has 0 aliphatic heterocycles. The summed E-state index contributed by atoms with van der Waals surface area (Å²) in [7, 11) is 7.63. The number of aromatic nitrogens is 2. The van der Waals surface area contributed by atoms with Crippen molar-refractivity contribution in [1.29, 1.82) is 0 Å². The molecule has 6 rings (SSSR count). The zero-order chi connectivity index (χ0) is 72.5. The van der Waals surface area contributed by atoms with Crippen molar-refractivity contribution in [2.24, 2.45) is 11.8 Å².